The average molecular weight is 421 g/mol. The molecule has 4 nitrogen and oxygen atoms in total. The van der Waals surface area contributed by atoms with Crippen molar-refractivity contribution in [1.29, 1.82) is 0 Å². The van der Waals surface area contributed by atoms with Crippen molar-refractivity contribution in [1.82, 2.24) is 0 Å². The number of hydrogen-bond donors (Lipinski definition) is 1. The summed E-state index contributed by atoms with van der Waals surface area (Å²) in [6.45, 7) is 4.31. The number of aliphatic hydroxyl groups excluding tert-OH is 1. The van der Waals surface area contributed by atoms with Crippen LogP contribution in [0.5, 0.6) is 0 Å². The fourth-order valence-electron chi connectivity index (χ4n) is 5.41. The van der Waals surface area contributed by atoms with E-state index in [1.807, 2.05) is 32.0 Å². The predicted molar refractivity (Wildman–Crippen MR) is 99.1 cm³/mol. The Morgan fingerprint density at radius 2 is 1.96 bits per heavy atom. The van der Waals surface area contributed by atoms with E-state index in [0.29, 0.717) is 13.0 Å². The molecule has 0 aromatic heterocycles. The molecular weight excluding hydrogens is 395 g/mol. The second kappa shape index (κ2) is 6.47. The van der Waals surface area contributed by atoms with Crippen LogP contribution < -0.4 is 4.46 Å². The van der Waals surface area contributed by atoms with Gasteiger partial charge >= 0.3 is 161 Å². The summed E-state index contributed by atoms with van der Waals surface area (Å²) in [7, 11) is 0. The number of cyclic esters (lactones) is 1. The SMILES string of the molecule is C[C@@H]1[C@@H](O)CC[C@@H]2C[C@]3(C(=O)OCC3C[Se]c3ccccc3)C(=O)[C@@]21C. The third kappa shape index (κ3) is 2.44. The van der Waals surface area contributed by atoms with E-state index in [1.165, 1.54) is 4.46 Å². The first-order valence-corrected chi connectivity index (χ1v) is 11.6. The van der Waals surface area contributed by atoms with Crippen LogP contribution in [0.4, 0.5) is 0 Å². The van der Waals surface area contributed by atoms with Crippen LogP contribution in [-0.2, 0) is 14.3 Å². The summed E-state index contributed by atoms with van der Waals surface area (Å²) in [6, 6.07) is 10.3. The summed E-state index contributed by atoms with van der Waals surface area (Å²) >= 11 is 0.215. The Bertz CT molecular complexity index is 720. The number of ketones is 1. The molecule has 6 atom stereocenters. The quantitative estimate of drug-likeness (QED) is 0.461. The van der Waals surface area contributed by atoms with Crippen molar-refractivity contribution in [2.75, 3.05) is 6.61 Å². The average Bonchev–Trinajstić information content (AvgIpc) is 3.09. The Kier molecular flexibility index (Phi) is 4.53. The van der Waals surface area contributed by atoms with Crippen LogP contribution >= 0.6 is 0 Å². The first-order chi connectivity index (χ1) is 12.4. The van der Waals surface area contributed by atoms with Gasteiger partial charge in [0.25, 0.3) is 0 Å². The van der Waals surface area contributed by atoms with Gasteiger partial charge < -0.3 is 0 Å². The number of benzene rings is 1. The van der Waals surface area contributed by atoms with Crippen LogP contribution in [-0.4, -0.2) is 44.5 Å². The molecule has 1 unspecified atom stereocenters. The van der Waals surface area contributed by atoms with Crippen molar-refractivity contribution in [3.63, 3.8) is 0 Å². The van der Waals surface area contributed by atoms with Crippen LogP contribution in [0.2, 0.25) is 5.32 Å². The first-order valence-electron chi connectivity index (χ1n) is 9.48. The number of rotatable bonds is 3. The number of ether oxygens (including phenoxy) is 1. The maximum atomic E-state index is 13.7. The minimum absolute atomic E-state index is 0.0329. The topological polar surface area (TPSA) is 63.6 Å². The van der Waals surface area contributed by atoms with Gasteiger partial charge in [0.1, 0.15) is 0 Å². The summed E-state index contributed by atoms with van der Waals surface area (Å²) < 4.78 is 6.75. The molecule has 3 fully saturated rings. The Morgan fingerprint density at radius 1 is 1.23 bits per heavy atom. The third-order valence-corrected chi connectivity index (χ3v) is 9.78. The van der Waals surface area contributed by atoms with Crippen molar-refractivity contribution in [3.05, 3.63) is 30.3 Å². The molecule has 2 aliphatic carbocycles. The van der Waals surface area contributed by atoms with Crippen molar-refractivity contribution >= 4 is 31.2 Å². The molecule has 1 aromatic carbocycles. The monoisotopic (exact) mass is 422 g/mol. The van der Waals surface area contributed by atoms with Gasteiger partial charge in [-0.25, -0.2) is 0 Å². The summed E-state index contributed by atoms with van der Waals surface area (Å²) in [5.41, 5.74) is -1.59. The first kappa shape index (κ1) is 18.2. The van der Waals surface area contributed by atoms with Crippen LogP contribution in [0.25, 0.3) is 0 Å². The Labute approximate surface area is 160 Å². The van der Waals surface area contributed by atoms with Gasteiger partial charge in [-0.2, -0.15) is 0 Å². The van der Waals surface area contributed by atoms with E-state index in [-0.39, 0.29) is 44.5 Å². The van der Waals surface area contributed by atoms with Gasteiger partial charge in [-0.05, 0) is 0 Å². The minimum atomic E-state index is -0.978. The van der Waals surface area contributed by atoms with Crippen LogP contribution in [0.3, 0.4) is 0 Å². The summed E-state index contributed by atoms with van der Waals surface area (Å²) in [5, 5.41) is 11.2. The van der Waals surface area contributed by atoms with E-state index in [0.717, 1.165) is 18.2 Å². The standard InChI is InChI=1S/C21H26O4Se/c1-13-17(22)9-8-14-10-21(18(23)20(13,14)2)15(11-25-19(21)24)12-26-16-6-4-3-5-7-16/h3-7,13-15,17,22H,8-12H2,1-2H3/t13-,14-,15?,17+,20-,21-/m1/s1. The van der Waals surface area contributed by atoms with Crippen molar-refractivity contribution in [2.24, 2.45) is 28.6 Å². The van der Waals surface area contributed by atoms with Crippen LogP contribution in [0, 0.1) is 28.6 Å². The molecule has 5 heteroatoms. The maximum absolute atomic E-state index is 13.7. The van der Waals surface area contributed by atoms with Gasteiger partial charge in [-0.15, -0.1) is 0 Å². The van der Waals surface area contributed by atoms with E-state index in [2.05, 4.69) is 12.1 Å². The zero-order valence-corrected chi connectivity index (χ0v) is 17.0. The molecule has 1 saturated heterocycles. The molecule has 140 valence electrons. The van der Waals surface area contributed by atoms with Crippen LogP contribution in [0.15, 0.2) is 30.3 Å². The van der Waals surface area contributed by atoms with Gasteiger partial charge in [-0.3, -0.25) is 0 Å². The summed E-state index contributed by atoms with van der Waals surface area (Å²) in [4.78, 5) is 26.5. The molecule has 1 heterocycles. The van der Waals surface area contributed by atoms with E-state index >= 15 is 0 Å². The van der Waals surface area contributed by atoms with Crippen molar-refractivity contribution in [3.8, 4) is 0 Å². The van der Waals surface area contributed by atoms with E-state index in [4.69, 9.17) is 4.74 Å². The molecule has 2 saturated carbocycles. The van der Waals surface area contributed by atoms with E-state index < -0.39 is 16.9 Å². The third-order valence-electron chi connectivity index (χ3n) is 7.32. The molecule has 1 spiro atoms. The number of hydrogen-bond acceptors (Lipinski definition) is 4. The fraction of sp³-hybridized carbons (Fsp3) is 0.619. The molecule has 1 aliphatic heterocycles. The van der Waals surface area contributed by atoms with Gasteiger partial charge in [0.2, 0.25) is 0 Å². The van der Waals surface area contributed by atoms with E-state index in [9.17, 15) is 14.7 Å². The normalized spacial score (nSPS) is 42.1. The van der Waals surface area contributed by atoms with Crippen molar-refractivity contribution < 1.29 is 19.4 Å². The van der Waals surface area contributed by atoms with Gasteiger partial charge in [-0.1, -0.05) is 0 Å². The Hall–Kier alpha value is -1.16. The zero-order valence-electron chi connectivity index (χ0n) is 15.3. The molecule has 0 amide bonds. The second-order valence-electron chi connectivity index (χ2n) is 8.34. The van der Waals surface area contributed by atoms with E-state index in [1.54, 1.807) is 0 Å². The number of fused-ring (bicyclic) bond motifs is 1. The molecule has 0 bridgehead atoms. The molecule has 3 aliphatic rings. The summed E-state index contributed by atoms with van der Waals surface area (Å²) in [5.74, 6) is -0.242. The molecule has 1 aromatic rings. The second-order valence-corrected chi connectivity index (χ2v) is 10.6. The number of aliphatic hydroxyl groups is 1. The molecule has 1 N–H and O–H groups in total. The molecule has 26 heavy (non-hydrogen) atoms. The van der Waals surface area contributed by atoms with Crippen molar-refractivity contribution in [2.45, 2.75) is 44.5 Å². The Morgan fingerprint density at radius 3 is 2.69 bits per heavy atom. The fourth-order valence-corrected chi connectivity index (χ4v) is 7.77. The predicted octanol–water partition coefficient (Wildman–Crippen LogP) is 1.98. The van der Waals surface area contributed by atoms with Crippen LogP contribution in [0.1, 0.15) is 33.1 Å². The van der Waals surface area contributed by atoms with Gasteiger partial charge in [0.15, 0.2) is 0 Å². The zero-order chi connectivity index (χ0) is 18.5. The molecule has 4 rings (SSSR count). The van der Waals surface area contributed by atoms with Gasteiger partial charge in [0.05, 0.1) is 0 Å². The van der Waals surface area contributed by atoms with Gasteiger partial charge in [0, 0.05) is 0 Å². The number of Topliss-reactive ketones (excluding diaryl/α,β-unsaturated/α-hetero) is 1. The molecular formula is C21H26O4Se. The number of carbonyl (C=O) groups is 2. The molecule has 0 radical (unpaired) electrons. The number of esters is 1. The number of carbonyl (C=O) groups excluding carboxylic acids is 2. The summed E-state index contributed by atoms with van der Waals surface area (Å²) in [6.07, 6.45) is 1.69. The Balaban J connectivity index is 1.63.